The van der Waals surface area contributed by atoms with Gasteiger partial charge in [0.1, 0.15) is 0 Å². The van der Waals surface area contributed by atoms with Gasteiger partial charge in [-0.05, 0) is 25.2 Å². The fraction of sp³-hybridized carbons (Fsp3) is 1.00. The van der Waals surface area contributed by atoms with Crippen molar-refractivity contribution in [1.29, 1.82) is 0 Å². The Balaban J connectivity index is 1.81. The van der Waals surface area contributed by atoms with Crippen molar-refractivity contribution in [2.45, 2.75) is 51.4 Å². The van der Waals surface area contributed by atoms with Gasteiger partial charge in [-0.1, -0.05) is 44.9 Å². The minimum absolute atomic E-state index is 1.12. The second-order valence-electron chi connectivity index (χ2n) is 4.10. The average molecular weight is 186 g/mol. The van der Waals surface area contributed by atoms with Crippen LogP contribution >= 0.6 is 8.58 Å². The molecular weight excluding hydrogens is 163 g/mol. The smallest absolute Gasteiger partial charge is 0.0356 e. The van der Waals surface area contributed by atoms with Gasteiger partial charge >= 0.3 is 0 Å². The second kappa shape index (κ2) is 6.89. The van der Waals surface area contributed by atoms with Crippen molar-refractivity contribution >= 4 is 8.58 Å². The van der Waals surface area contributed by atoms with E-state index in [1.54, 1.807) is 0 Å². The quantitative estimate of drug-likeness (QED) is 0.433. The lowest BCUT2D eigenvalue weighted by Crippen LogP contribution is -1.92. The van der Waals surface area contributed by atoms with Crippen molar-refractivity contribution in [3.8, 4) is 0 Å². The van der Waals surface area contributed by atoms with E-state index in [0.717, 1.165) is 5.92 Å². The minimum atomic E-state index is 1.12. The molecule has 0 saturated heterocycles. The second-order valence-corrected chi connectivity index (χ2v) is 5.31. The van der Waals surface area contributed by atoms with Gasteiger partial charge in [-0.25, -0.2) is 0 Å². The summed E-state index contributed by atoms with van der Waals surface area (Å²) in [7, 11) is 1.18. The van der Waals surface area contributed by atoms with Crippen LogP contribution in [0.15, 0.2) is 0 Å². The van der Waals surface area contributed by atoms with E-state index >= 15 is 0 Å². The van der Waals surface area contributed by atoms with Gasteiger partial charge in [-0.15, -0.1) is 8.58 Å². The monoisotopic (exact) mass is 186 g/mol. The Bertz CT molecular complexity index is 95.2. The highest BCUT2D eigenvalue weighted by molar-refractivity contribution is 7.36. The van der Waals surface area contributed by atoms with E-state index in [4.69, 9.17) is 0 Å². The Labute approximate surface area is 79.3 Å². The molecule has 12 heavy (non-hydrogen) atoms. The molecule has 1 unspecified atom stereocenters. The third-order valence-electron chi connectivity index (χ3n) is 3.01. The number of rotatable bonds is 6. The maximum Gasteiger partial charge on any atom is -0.0356 e. The first-order valence-electron chi connectivity index (χ1n) is 5.58. The first kappa shape index (κ1) is 10.5. The van der Waals surface area contributed by atoms with E-state index in [2.05, 4.69) is 6.66 Å². The van der Waals surface area contributed by atoms with Crippen molar-refractivity contribution in [2.24, 2.45) is 5.92 Å². The number of hydrogen-bond acceptors (Lipinski definition) is 0. The van der Waals surface area contributed by atoms with E-state index in [1.807, 2.05) is 0 Å². The maximum atomic E-state index is 2.32. The molecule has 0 amide bonds. The molecule has 0 heterocycles. The molecular formula is C11H23P. The normalized spacial score (nSPS) is 19.8. The highest BCUT2D eigenvalue weighted by Crippen LogP contribution is 2.29. The van der Waals surface area contributed by atoms with Gasteiger partial charge in [0.15, 0.2) is 0 Å². The van der Waals surface area contributed by atoms with Gasteiger partial charge in [0.2, 0.25) is 0 Å². The average Bonchev–Trinajstić information content (AvgIpc) is 2.57. The first-order valence-corrected chi connectivity index (χ1v) is 7.29. The summed E-state index contributed by atoms with van der Waals surface area (Å²) in [4.78, 5) is 0. The Morgan fingerprint density at radius 1 is 1.08 bits per heavy atom. The lowest BCUT2D eigenvalue weighted by atomic mass is 10.0. The molecule has 0 bridgehead atoms. The molecule has 0 spiro atoms. The van der Waals surface area contributed by atoms with Gasteiger partial charge in [-0.3, -0.25) is 0 Å². The topological polar surface area (TPSA) is 0 Å². The summed E-state index contributed by atoms with van der Waals surface area (Å²) in [6.07, 6.45) is 13.6. The molecule has 0 aromatic carbocycles. The van der Waals surface area contributed by atoms with E-state index in [9.17, 15) is 0 Å². The molecule has 0 aromatic heterocycles. The molecule has 1 aliphatic rings. The predicted octanol–water partition coefficient (Wildman–Crippen LogP) is 4.05. The molecule has 1 aliphatic carbocycles. The molecule has 0 aliphatic heterocycles. The van der Waals surface area contributed by atoms with Crippen LogP contribution in [-0.2, 0) is 0 Å². The molecule has 0 nitrogen and oxygen atoms in total. The van der Waals surface area contributed by atoms with Crippen molar-refractivity contribution in [3.63, 3.8) is 0 Å². The first-order chi connectivity index (χ1) is 5.93. The van der Waals surface area contributed by atoms with Crippen LogP contribution < -0.4 is 0 Å². The summed E-state index contributed by atoms with van der Waals surface area (Å²) in [5, 5.41) is 0. The lowest BCUT2D eigenvalue weighted by Gasteiger charge is -2.07. The van der Waals surface area contributed by atoms with Crippen LogP contribution in [0, 0.1) is 5.92 Å². The third-order valence-corrected chi connectivity index (χ3v) is 3.87. The van der Waals surface area contributed by atoms with Crippen molar-refractivity contribution in [1.82, 2.24) is 0 Å². The zero-order valence-electron chi connectivity index (χ0n) is 8.44. The van der Waals surface area contributed by atoms with Gasteiger partial charge in [0, 0.05) is 0 Å². The van der Waals surface area contributed by atoms with Gasteiger partial charge in [-0.2, -0.15) is 0 Å². The zero-order chi connectivity index (χ0) is 8.65. The third kappa shape index (κ3) is 4.45. The molecule has 0 N–H and O–H groups in total. The molecule has 0 aromatic rings. The molecule has 72 valence electrons. The van der Waals surface area contributed by atoms with Gasteiger partial charge in [0.05, 0.1) is 0 Å². The minimum Gasteiger partial charge on any atom is -0.125 e. The molecule has 0 radical (unpaired) electrons. The fourth-order valence-corrected chi connectivity index (χ4v) is 2.81. The Morgan fingerprint density at radius 2 is 1.83 bits per heavy atom. The molecule has 1 heteroatoms. The molecule has 1 atom stereocenters. The van der Waals surface area contributed by atoms with Gasteiger partial charge in [0.25, 0.3) is 0 Å². The summed E-state index contributed by atoms with van der Waals surface area (Å²) in [6, 6.07) is 0. The largest absolute Gasteiger partial charge is 0.125 e. The van der Waals surface area contributed by atoms with Crippen LogP contribution in [0.3, 0.4) is 0 Å². The lowest BCUT2D eigenvalue weighted by molar-refractivity contribution is 0.472. The predicted molar refractivity (Wildman–Crippen MR) is 59.5 cm³/mol. The van der Waals surface area contributed by atoms with Crippen LogP contribution in [0.25, 0.3) is 0 Å². The molecule has 1 fully saturated rings. The molecule has 1 saturated carbocycles. The van der Waals surface area contributed by atoms with E-state index in [0.29, 0.717) is 0 Å². The maximum absolute atomic E-state index is 2.32. The van der Waals surface area contributed by atoms with E-state index in [-0.39, 0.29) is 0 Å². The highest BCUT2D eigenvalue weighted by atomic mass is 31.1. The van der Waals surface area contributed by atoms with Crippen LogP contribution in [0.1, 0.15) is 51.4 Å². The number of unbranched alkanes of at least 4 members (excludes halogenated alkanes) is 2. The highest BCUT2D eigenvalue weighted by Gasteiger charge is 2.13. The van der Waals surface area contributed by atoms with E-state index in [1.165, 1.54) is 66.1 Å². The fourth-order valence-electron chi connectivity index (χ4n) is 2.21. The number of hydrogen-bond donors (Lipinski definition) is 0. The summed E-state index contributed by atoms with van der Waals surface area (Å²) < 4.78 is 0. The summed E-state index contributed by atoms with van der Waals surface area (Å²) in [5.41, 5.74) is 0. The molecule has 1 rings (SSSR count). The van der Waals surface area contributed by atoms with Gasteiger partial charge < -0.3 is 0 Å². The van der Waals surface area contributed by atoms with Crippen LogP contribution in [0.5, 0.6) is 0 Å². The van der Waals surface area contributed by atoms with Crippen LogP contribution in [-0.4, -0.2) is 12.8 Å². The summed E-state index contributed by atoms with van der Waals surface area (Å²) in [5.74, 6) is 1.12. The standard InChI is InChI=1S/C11H23P/c1-12-10-6-2-3-7-11-8-4-5-9-11/h11-12H,2-10H2,1H3. The van der Waals surface area contributed by atoms with Crippen LogP contribution in [0.4, 0.5) is 0 Å². The summed E-state index contributed by atoms with van der Waals surface area (Å²) >= 11 is 0. The Kier molecular flexibility index (Phi) is 6.04. The van der Waals surface area contributed by atoms with Crippen molar-refractivity contribution in [3.05, 3.63) is 0 Å². The van der Waals surface area contributed by atoms with E-state index < -0.39 is 0 Å². The Morgan fingerprint density at radius 3 is 2.50 bits per heavy atom. The SMILES string of the molecule is CPCCCCCC1CCCC1. The van der Waals surface area contributed by atoms with Crippen molar-refractivity contribution < 1.29 is 0 Å². The zero-order valence-corrected chi connectivity index (χ0v) is 9.44. The Hall–Kier alpha value is 0.430. The van der Waals surface area contributed by atoms with Crippen LogP contribution in [0.2, 0.25) is 0 Å². The summed E-state index contributed by atoms with van der Waals surface area (Å²) in [6.45, 7) is 2.32. The van der Waals surface area contributed by atoms with Crippen molar-refractivity contribution in [2.75, 3.05) is 12.8 Å².